The third-order valence-corrected chi connectivity index (χ3v) is 3.63. The zero-order valence-corrected chi connectivity index (χ0v) is 14.3. The van der Waals surface area contributed by atoms with E-state index in [4.69, 9.17) is 20.9 Å². The van der Waals surface area contributed by atoms with Crippen LogP contribution in [-0.2, 0) is 4.74 Å². The van der Waals surface area contributed by atoms with E-state index in [1.165, 1.54) is 7.11 Å². The molecule has 1 atom stereocenters. The van der Waals surface area contributed by atoms with E-state index in [9.17, 15) is 5.11 Å². The number of halogens is 1. The van der Waals surface area contributed by atoms with Gasteiger partial charge in [0.05, 0.1) is 18.3 Å². The Hall–Kier alpha value is -2.48. The van der Waals surface area contributed by atoms with Gasteiger partial charge in [-0.3, -0.25) is 0 Å². The molecule has 3 rings (SSSR count). The molecule has 0 saturated carbocycles. The molecule has 0 saturated heterocycles. The molecule has 0 bridgehead atoms. The lowest BCUT2D eigenvalue weighted by molar-refractivity contribution is 0.0727. The van der Waals surface area contributed by atoms with Gasteiger partial charge in [0, 0.05) is 30.4 Å². The van der Waals surface area contributed by atoms with Crippen LogP contribution in [0.3, 0.4) is 0 Å². The molecule has 0 radical (unpaired) electrons. The Kier molecular flexibility index (Phi) is 5.60. The van der Waals surface area contributed by atoms with Gasteiger partial charge in [0.2, 0.25) is 5.82 Å². The van der Waals surface area contributed by atoms with E-state index in [-0.39, 0.29) is 6.61 Å². The number of nitrogens with zero attached hydrogens (tertiary/aromatic N) is 3. The molecule has 25 heavy (non-hydrogen) atoms. The van der Waals surface area contributed by atoms with E-state index >= 15 is 0 Å². The van der Waals surface area contributed by atoms with Crippen molar-refractivity contribution >= 4 is 17.4 Å². The van der Waals surface area contributed by atoms with Crippen molar-refractivity contribution in [3.63, 3.8) is 0 Å². The molecule has 2 heterocycles. The number of rotatable bonds is 7. The standard InChI is InChI=1S/C17H17ClN4O3/c1-24-10-14(23)9-20-15-6-5-12(8-19-15)17-21-16(22-25-17)11-3-2-4-13(18)7-11/h2-8,14,23H,9-10H2,1H3,(H,19,20)/t14-/m1/s1. The molecule has 8 heteroatoms. The molecule has 2 N–H and O–H groups in total. The van der Waals surface area contributed by atoms with Gasteiger partial charge < -0.3 is 19.7 Å². The van der Waals surface area contributed by atoms with E-state index in [0.717, 1.165) is 5.56 Å². The molecule has 0 fully saturated rings. The van der Waals surface area contributed by atoms with Crippen LogP contribution < -0.4 is 5.32 Å². The van der Waals surface area contributed by atoms with Gasteiger partial charge in [-0.05, 0) is 24.3 Å². The molecule has 0 unspecified atom stereocenters. The highest BCUT2D eigenvalue weighted by molar-refractivity contribution is 6.30. The number of hydrogen-bond acceptors (Lipinski definition) is 7. The van der Waals surface area contributed by atoms with Crippen molar-refractivity contribution in [3.05, 3.63) is 47.6 Å². The summed E-state index contributed by atoms with van der Waals surface area (Å²) in [5, 5.41) is 17.2. The van der Waals surface area contributed by atoms with Gasteiger partial charge in [-0.15, -0.1) is 0 Å². The highest BCUT2D eigenvalue weighted by Crippen LogP contribution is 2.24. The zero-order chi connectivity index (χ0) is 17.6. The van der Waals surface area contributed by atoms with Gasteiger partial charge in [0.25, 0.3) is 5.89 Å². The molecule has 1 aromatic carbocycles. The molecule has 3 aromatic rings. The first-order valence-electron chi connectivity index (χ1n) is 7.62. The number of anilines is 1. The molecular formula is C17H17ClN4O3. The fourth-order valence-electron chi connectivity index (χ4n) is 2.18. The van der Waals surface area contributed by atoms with Crippen LogP contribution in [0.5, 0.6) is 0 Å². The summed E-state index contributed by atoms with van der Waals surface area (Å²) in [4.78, 5) is 8.64. The number of benzene rings is 1. The smallest absolute Gasteiger partial charge is 0.259 e. The summed E-state index contributed by atoms with van der Waals surface area (Å²) in [6.45, 7) is 0.610. The average molecular weight is 361 g/mol. The van der Waals surface area contributed by atoms with Crippen LogP contribution in [0.2, 0.25) is 5.02 Å². The minimum Gasteiger partial charge on any atom is -0.389 e. The minimum atomic E-state index is -0.595. The van der Waals surface area contributed by atoms with E-state index in [2.05, 4.69) is 20.4 Å². The zero-order valence-electron chi connectivity index (χ0n) is 13.5. The van der Waals surface area contributed by atoms with Crippen molar-refractivity contribution in [1.29, 1.82) is 0 Å². The second-order valence-electron chi connectivity index (χ2n) is 5.36. The Bertz CT molecular complexity index is 823. The number of aromatic nitrogens is 3. The van der Waals surface area contributed by atoms with Gasteiger partial charge in [-0.2, -0.15) is 4.98 Å². The minimum absolute atomic E-state index is 0.263. The molecule has 130 valence electrons. The van der Waals surface area contributed by atoms with Crippen molar-refractivity contribution in [2.75, 3.05) is 25.6 Å². The summed E-state index contributed by atoms with van der Waals surface area (Å²) in [5.74, 6) is 1.46. The second-order valence-corrected chi connectivity index (χ2v) is 5.79. The molecule has 2 aromatic heterocycles. The van der Waals surface area contributed by atoms with Crippen molar-refractivity contribution in [1.82, 2.24) is 15.1 Å². The first-order chi connectivity index (χ1) is 12.2. The van der Waals surface area contributed by atoms with E-state index < -0.39 is 6.10 Å². The van der Waals surface area contributed by atoms with E-state index in [1.807, 2.05) is 18.2 Å². The Morgan fingerprint density at radius 3 is 2.88 bits per heavy atom. The third-order valence-electron chi connectivity index (χ3n) is 3.40. The summed E-state index contributed by atoms with van der Waals surface area (Å²) in [7, 11) is 1.54. The van der Waals surface area contributed by atoms with Gasteiger partial charge in [0.1, 0.15) is 5.82 Å². The van der Waals surface area contributed by atoms with Crippen LogP contribution in [0.1, 0.15) is 0 Å². The summed E-state index contributed by atoms with van der Waals surface area (Å²) < 4.78 is 10.2. The van der Waals surface area contributed by atoms with Crippen LogP contribution in [0, 0.1) is 0 Å². The summed E-state index contributed by atoms with van der Waals surface area (Å²) >= 11 is 5.98. The van der Waals surface area contributed by atoms with Crippen molar-refractivity contribution in [2.24, 2.45) is 0 Å². The number of nitrogens with one attached hydrogen (secondary N) is 1. The largest absolute Gasteiger partial charge is 0.389 e. The second kappa shape index (κ2) is 8.06. The topological polar surface area (TPSA) is 93.3 Å². The molecule has 0 spiro atoms. The molecule has 0 aliphatic rings. The SMILES string of the molecule is COC[C@H](O)CNc1ccc(-c2nc(-c3cccc(Cl)c3)no2)cn1. The van der Waals surface area contributed by atoms with Gasteiger partial charge in [0.15, 0.2) is 0 Å². The molecular weight excluding hydrogens is 344 g/mol. The Morgan fingerprint density at radius 2 is 2.16 bits per heavy atom. The number of aliphatic hydroxyl groups is 1. The Morgan fingerprint density at radius 1 is 1.28 bits per heavy atom. The number of pyridine rings is 1. The van der Waals surface area contributed by atoms with Crippen molar-refractivity contribution < 1.29 is 14.4 Å². The lowest BCUT2D eigenvalue weighted by atomic mass is 10.2. The highest BCUT2D eigenvalue weighted by atomic mass is 35.5. The predicted octanol–water partition coefficient (Wildman–Crippen LogP) is 2.87. The average Bonchev–Trinajstić information content (AvgIpc) is 3.11. The summed E-state index contributed by atoms with van der Waals surface area (Å²) in [6, 6.07) is 10.8. The number of methoxy groups -OCH3 is 1. The van der Waals surface area contributed by atoms with Gasteiger partial charge in [-0.25, -0.2) is 4.98 Å². The van der Waals surface area contributed by atoms with Gasteiger partial charge in [-0.1, -0.05) is 28.9 Å². The van der Waals surface area contributed by atoms with Crippen molar-refractivity contribution in [3.8, 4) is 22.8 Å². The fourth-order valence-corrected chi connectivity index (χ4v) is 2.37. The van der Waals surface area contributed by atoms with E-state index in [0.29, 0.717) is 34.7 Å². The Balaban J connectivity index is 1.68. The predicted molar refractivity (Wildman–Crippen MR) is 94.3 cm³/mol. The van der Waals surface area contributed by atoms with Crippen LogP contribution in [0.15, 0.2) is 47.1 Å². The highest BCUT2D eigenvalue weighted by Gasteiger charge is 2.11. The Labute approximate surface area is 149 Å². The first-order valence-corrected chi connectivity index (χ1v) is 8.00. The normalized spacial score (nSPS) is 12.1. The lowest BCUT2D eigenvalue weighted by Crippen LogP contribution is -2.24. The van der Waals surface area contributed by atoms with Gasteiger partial charge >= 0.3 is 0 Å². The molecule has 0 aliphatic carbocycles. The first kappa shape index (κ1) is 17.3. The number of aliphatic hydroxyl groups excluding tert-OH is 1. The maximum Gasteiger partial charge on any atom is 0.259 e. The van der Waals surface area contributed by atoms with Crippen molar-refractivity contribution in [2.45, 2.75) is 6.10 Å². The number of ether oxygens (including phenoxy) is 1. The monoisotopic (exact) mass is 360 g/mol. The molecule has 0 aliphatic heterocycles. The maximum absolute atomic E-state index is 9.62. The van der Waals surface area contributed by atoms with Crippen LogP contribution in [-0.4, -0.2) is 46.6 Å². The summed E-state index contributed by atoms with van der Waals surface area (Å²) in [5.41, 5.74) is 1.48. The van der Waals surface area contributed by atoms with E-state index in [1.54, 1.807) is 24.4 Å². The molecule has 7 nitrogen and oxygen atoms in total. The summed E-state index contributed by atoms with van der Waals surface area (Å²) in [6.07, 6.45) is 1.03. The number of hydrogen-bond donors (Lipinski definition) is 2. The van der Waals surface area contributed by atoms with Crippen LogP contribution >= 0.6 is 11.6 Å². The quantitative estimate of drug-likeness (QED) is 0.669. The maximum atomic E-state index is 9.62. The van der Waals surface area contributed by atoms with Crippen LogP contribution in [0.25, 0.3) is 22.8 Å². The lowest BCUT2D eigenvalue weighted by Gasteiger charge is -2.10. The third kappa shape index (κ3) is 4.54. The molecule has 0 amide bonds. The fraction of sp³-hybridized carbons (Fsp3) is 0.235. The van der Waals surface area contributed by atoms with Crippen LogP contribution in [0.4, 0.5) is 5.82 Å².